The van der Waals surface area contributed by atoms with Crippen LogP contribution >= 0.6 is 27.3 Å². The zero-order valence-corrected chi connectivity index (χ0v) is 12.6. The Labute approximate surface area is 120 Å². The molecule has 1 aromatic carbocycles. The molecule has 96 valence electrons. The minimum absolute atomic E-state index is 0.0752. The van der Waals surface area contributed by atoms with E-state index in [9.17, 15) is 0 Å². The first-order valence-electron chi connectivity index (χ1n) is 5.93. The highest BCUT2D eigenvalue weighted by molar-refractivity contribution is 9.11. The van der Waals surface area contributed by atoms with Crippen LogP contribution in [0.2, 0.25) is 0 Å². The monoisotopic (exact) mass is 325 g/mol. The summed E-state index contributed by atoms with van der Waals surface area (Å²) >= 11 is 5.12. The van der Waals surface area contributed by atoms with Crippen molar-refractivity contribution in [3.8, 4) is 5.75 Å². The molecule has 0 amide bonds. The molecule has 2 aromatic rings. The summed E-state index contributed by atoms with van der Waals surface area (Å²) in [5.74, 6) is 0.868. The number of aryl methyl sites for hydroxylation is 1. The van der Waals surface area contributed by atoms with Crippen molar-refractivity contribution in [1.29, 1.82) is 0 Å². The molecule has 1 aromatic heterocycles. The van der Waals surface area contributed by atoms with Crippen molar-refractivity contribution in [3.05, 3.63) is 50.6 Å². The molecule has 2 nitrogen and oxygen atoms in total. The van der Waals surface area contributed by atoms with Crippen LogP contribution in [0.4, 0.5) is 0 Å². The Morgan fingerprint density at radius 3 is 2.44 bits per heavy atom. The average molecular weight is 326 g/mol. The highest BCUT2D eigenvalue weighted by Gasteiger charge is 2.13. The first-order chi connectivity index (χ1) is 8.72. The fraction of sp³-hybridized carbons (Fsp3) is 0.286. The third-order valence-electron chi connectivity index (χ3n) is 2.74. The fourth-order valence-electron chi connectivity index (χ4n) is 1.69. The predicted molar refractivity (Wildman–Crippen MR) is 80.3 cm³/mol. The minimum atomic E-state index is -0.0752. The van der Waals surface area contributed by atoms with Crippen molar-refractivity contribution < 1.29 is 4.74 Å². The molecule has 0 saturated carbocycles. The van der Waals surface area contributed by atoms with Crippen LogP contribution in [-0.4, -0.2) is 6.54 Å². The molecule has 0 fully saturated rings. The van der Waals surface area contributed by atoms with Crippen LogP contribution in [0, 0.1) is 0 Å². The molecule has 0 spiro atoms. The number of nitrogens with two attached hydrogens (primary N) is 1. The molecule has 1 atom stereocenters. The van der Waals surface area contributed by atoms with Crippen molar-refractivity contribution in [2.45, 2.75) is 19.4 Å². The number of rotatable bonds is 5. The van der Waals surface area contributed by atoms with E-state index in [1.54, 1.807) is 11.3 Å². The summed E-state index contributed by atoms with van der Waals surface area (Å²) in [6, 6.07) is 12.3. The van der Waals surface area contributed by atoms with Gasteiger partial charge < -0.3 is 10.5 Å². The van der Waals surface area contributed by atoms with Crippen molar-refractivity contribution >= 4 is 27.3 Å². The van der Waals surface area contributed by atoms with E-state index >= 15 is 0 Å². The van der Waals surface area contributed by atoms with Crippen molar-refractivity contribution in [1.82, 2.24) is 0 Å². The minimum Gasteiger partial charge on any atom is -0.484 e. The highest BCUT2D eigenvalue weighted by Crippen LogP contribution is 2.30. The van der Waals surface area contributed by atoms with Crippen LogP contribution in [0.5, 0.6) is 5.75 Å². The summed E-state index contributed by atoms with van der Waals surface area (Å²) in [6.07, 6.45) is 0.965. The van der Waals surface area contributed by atoms with Crippen molar-refractivity contribution in [2.24, 2.45) is 5.73 Å². The van der Waals surface area contributed by atoms with Gasteiger partial charge in [-0.3, -0.25) is 0 Å². The Morgan fingerprint density at radius 1 is 1.22 bits per heavy atom. The van der Waals surface area contributed by atoms with Gasteiger partial charge in [0.25, 0.3) is 0 Å². The number of benzene rings is 1. The maximum atomic E-state index is 5.93. The maximum absolute atomic E-state index is 5.93. The number of halogens is 1. The third-order valence-corrected chi connectivity index (χ3v) is 4.45. The van der Waals surface area contributed by atoms with Gasteiger partial charge in [-0.1, -0.05) is 19.1 Å². The Hall–Kier alpha value is -0.840. The van der Waals surface area contributed by atoms with E-state index in [4.69, 9.17) is 10.5 Å². The van der Waals surface area contributed by atoms with Crippen LogP contribution in [0.25, 0.3) is 0 Å². The molecular weight excluding hydrogens is 310 g/mol. The van der Waals surface area contributed by atoms with Crippen LogP contribution in [0.1, 0.15) is 23.5 Å². The van der Waals surface area contributed by atoms with Crippen LogP contribution < -0.4 is 10.5 Å². The van der Waals surface area contributed by atoms with Gasteiger partial charge in [0.15, 0.2) is 0 Å². The molecule has 0 saturated heterocycles. The fourth-order valence-corrected chi connectivity index (χ4v) is 3.16. The summed E-state index contributed by atoms with van der Waals surface area (Å²) < 4.78 is 7.03. The molecule has 1 unspecified atom stereocenters. The molecule has 18 heavy (non-hydrogen) atoms. The van der Waals surface area contributed by atoms with Gasteiger partial charge in [-0.15, -0.1) is 11.3 Å². The van der Waals surface area contributed by atoms with Crippen molar-refractivity contribution in [2.75, 3.05) is 6.54 Å². The summed E-state index contributed by atoms with van der Waals surface area (Å²) in [7, 11) is 0. The van der Waals surface area contributed by atoms with Gasteiger partial charge in [-0.2, -0.15) is 0 Å². The number of hydrogen-bond donors (Lipinski definition) is 1. The Balaban J connectivity index is 2.10. The summed E-state index contributed by atoms with van der Waals surface area (Å²) in [5.41, 5.74) is 7.09. The number of ether oxygens (including phenoxy) is 1. The van der Waals surface area contributed by atoms with Gasteiger partial charge in [0.1, 0.15) is 11.9 Å². The third kappa shape index (κ3) is 3.34. The second-order valence-electron chi connectivity index (χ2n) is 3.98. The topological polar surface area (TPSA) is 35.2 Å². The molecule has 2 rings (SSSR count). The first-order valence-corrected chi connectivity index (χ1v) is 7.54. The van der Waals surface area contributed by atoms with E-state index in [1.807, 2.05) is 24.3 Å². The molecule has 4 heteroatoms. The normalized spacial score (nSPS) is 12.4. The zero-order valence-electron chi connectivity index (χ0n) is 10.2. The lowest BCUT2D eigenvalue weighted by Gasteiger charge is -2.16. The average Bonchev–Trinajstić information content (AvgIpc) is 2.83. The van der Waals surface area contributed by atoms with E-state index in [1.165, 1.54) is 5.56 Å². The van der Waals surface area contributed by atoms with E-state index < -0.39 is 0 Å². The second-order valence-corrected chi connectivity index (χ2v) is 6.48. The van der Waals surface area contributed by atoms with Gasteiger partial charge in [0, 0.05) is 11.4 Å². The predicted octanol–water partition coefficient (Wildman–Crippen LogP) is 4.15. The number of hydrogen-bond acceptors (Lipinski definition) is 3. The summed E-state index contributed by atoms with van der Waals surface area (Å²) in [4.78, 5) is 1.14. The molecule has 2 N–H and O–H groups in total. The number of thiophene rings is 1. The van der Waals surface area contributed by atoms with Gasteiger partial charge in [-0.25, -0.2) is 0 Å². The van der Waals surface area contributed by atoms with Gasteiger partial charge in [0.05, 0.1) is 3.79 Å². The van der Waals surface area contributed by atoms with Crippen LogP contribution in [0.15, 0.2) is 40.2 Å². The lowest BCUT2D eigenvalue weighted by atomic mass is 10.2. The molecular formula is C14H16BrNOS. The van der Waals surface area contributed by atoms with Crippen molar-refractivity contribution in [3.63, 3.8) is 0 Å². The first kappa shape index (κ1) is 13.6. The largest absolute Gasteiger partial charge is 0.484 e. The standard InChI is InChI=1S/C14H16BrNOS/c1-2-10-3-5-11(6-4-10)17-12(9-16)13-7-8-14(15)18-13/h3-8,12H,2,9,16H2,1H3. The Kier molecular flexibility index (Phi) is 4.80. The van der Waals surface area contributed by atoms with E-state index in [-0.39, 0.29) is 6.10 Å². The Morgan fingerprint density at radius 2 is 1.94 bits per heavy atom. The smallest absolute Gasteiger partial charge is 0.145 e. The summed E-state index contributed by atoms with van der Waals surface area (Å²) in [5, 5.41) is 0. The summed E-state index contributed by atoms with van der Waals surface area (Å²) in [6.45, 7) is 2.62. The molecule has 0 bridgehead atoms. The lowest BCUT2D eigenvalue weighted by Crippen LogP contribution is -2.17. The van der Waals surface area contributed by atoms with E-state index in [0.717, 1.165) is 20.8 Å². The van der Waals surface area contributed by atoms with Crippen LogP contribution in [0.3, 0.4) is 0 Å². The van der Waals surface area contributed by atoms with E-state index in [0.29, 0.717) is 6.54 Å². The molecule has 0 radical (unpaired) electrons. The quantitative estimate of drug-likeness (QED) is 0.896. The van der Waals surface area contributed by atoms with Gasteiger partial charge in [0.2, 0.25) is 0 Å². The second kappa shape index (κ2) is 6.36. The molecule has 0 aliphatic carbocycles. The zero-order chi connectivity index (χ0) is 13.0. The molecule has 1 heterocycles. The SMILES string of the molecule is CCc1ccc(OC(CN)c2ccc(Br)s2)cc1. The van der Waals surface area contributed by atoms with Crippen LogP contribution in [-0.2, 0) is 6.42 Å². The maximum Gasteiger partial charge on any atom is 0.145 e. The Bertz CT molecular complexity index is 495. The lowest BCUT2D eigenvalue weighted by molar-refractivity contribution is 0.218. The van der Waals surface area contributed by atoms with E-state index in [2.05, 4.69) is 35.0 Å². The molecule has 0 aliphatic heterocycles. The molecule has 0 aliphatic rings. The van der Waals surface area contributed by atoms with Gasteiger partial charge >= 0.3 is 0 Å². The van der Waals surface area contributed by atoms with Gasteiger partial charge in [-0.05, 0) is 52.2 Å². The highest BCUT2D eigenvalue weighted by atomic mass is 79.9.